The number of nitrogens with zero attached hydrogens (tertiary/aromatic N) is 1. The van der Waals surface area contributed by atoms with Crippen molar-refractivity contribution in [3.05, 3.63) is 58.5 Å². The number of para-hydroxylation sites is 1. The summed E-state index contributed by atoms with van der Waals surface area (Å²) in [6, 6.07) is 13.4. The topological polar surface area (TPSA) is 38.8 Å². The minimum absolute atomic E-state index is 0.101. The summed E-state index contributed by atoms with van der Waals surface area (Å²) < 4.78 is 11.1. The molecule has 1 aliphatic rings. The molecule has 6 heteroatoms. The summed E-state index contributed by atoms with van der Waals surface area (Å²) in [6.45, 7) is 2.07. The number of rotatable bonds is 5. The molecule has 0 saturated carbocycles. The molecule has 1 amide bonds. The van der Waals surface area contributed by atoms with Crippen molar-refractivity contribution in [1.82, 2.24) is 0 Å². The van der Waals surface area contributed by atoms with Crippen LogP contribution in [0.25, 0.3) is 6.08 Å². The Balaban J connectivity index is 1.95. The Bertz CT molecular complexity index is 892. The molecular formula is C20H19NO3S2. The minimum atomic E-state index is -0.101. The third-order valence-electron chi connectivity index (χ3n) is 4.11. The zero-order valence-electron chi connectivity index (χ0n) is 14.8. The summed E-state index contributed by atoms with van der Waals surface area (Å²) in [6.07, 6.45) is 2.66. The van der Waals surface area contributed by atoms with Crippen molar-refractivity contribution in [2.45, 2.75) is 13.3 Å². The summed E-state index contributed by atoms with van der Waals surface area (Å²) in [5, 5.41) is 0. The van der Waals surface area contributed by atoms with Crippen LogP contribution in [0.3, 0.4) is 0 Å². The Kier molecular flexibility index (Phi) is 5.64. The fraction of sp³-hybridized carbons (Fsp3) is 0.200. The lowest BCUT2D eigenvalue weighted by atomic mass is 10.1. The second-order valence-electron chi connectivity index (χ2n) is 5.61. The van der Waals surface area contributed by atoms with E-state index in [-0.39, 0.29) is 5.91 Å². The quantitative estimate of drug-likeness (QED) is 0.552. The van der Waals surface area contributed by atoms with Gasteiger partial charge in [0.15, 0.2) is 15.8 Å². The molecule has 134 valence electrons. The smallest absolute Gasteiger partial charge is 0.270 e. The number of hydrogen-bond acceptors (Lipinski definition) is 5. The molecule has 0 bridgehead atoms. The molecule has 2 aromatic rings. The molecule has 0 spiro atoms. The van der Waals surface area contributed by atoms with E-state index in [0.29, 0.717) is 20.7 Å². The fourth-order valence-electron chi connectivity index (χ4n) is 2.80. The Hall–Kier alpha value is -2.31. The van der Waals surface area contributed by atoms with Crippen LogP contribution in [0.15, 0.2) is 47.4 Å². The third kappa shape index (κ3) is 3.48. The highest BCUT2D eigenvalue weighted by Crippen LogP contribution is 2.38. The van der Waals surface area contributed by atoms with Crippen LogP contribution in [0.1, 0.15) is 18.1 Å². The van der Waals surface area contributed by atoms with Gasteiger partial charge < -0.3 is 9.47 Å². The Morgan fingerprint density at radius 1 is 1.12 bits per heavy atom. The number of benzene rings is 2. The third-order valence-corrected chi connectivity index (χ3v) is 5.41. The standard InChI is InChI=1S/C20H19NO3S2/c1-4-14-7-5-6-8-15(14)21-19(22)18(26-20(21)25)12-13-9-10-16(23-2)17(11-13)24-3/h5-12H,4H2,1-3H3/b18-12-. The average molecular weight is 386 g/mol. The molecule has 1 heterocycles. The lowest BCUT2D eigenvalue weighted by molar-refractivity contribution is -0.113. The molecule has 1 aliphatic heterocycles. The van der Waals surface area contributed by atoms with Gasteiger partial charge in [-0.3, -0.25) is 9.69 Å². The Morgan fingerprint density at radius 3 is 2.54 bits per heavy atom. The van der Waals surface area contributed by atoms with E-state index in [9.17, 15) is 4.79 Å². The van der Waals surface area contributed by atoms with E-state index in [4.69, 9.17) is 21.7 Å². The largest absolute Gasteiger partial charge is 0.493 e. The highest BCUT2D eigenvalue weighted by Gasteiger charge is 2.34. The van der Waals surface area contributed by atoms with Crippen molar-refractivity contribution in [1.29, 1.82) is 0 Å². The van der Waals surface area contributed by atoms with E-state index in [1.54, 1.807) is 19.1 Å². The molecule has 0 unspecified atom stereocenters. The van der Waals surface area contributed by atoms with Crippen LogP contribution in [0, 0.1) is 0 Å². The zero-order chi connectivity index (χ0) is 18.7. The zero-order valence-corrected chi connectivity index (χ0v) is 16.4. The van der Waals surface area contributed by atoms with Crippen LogP contribution < -0.4 is 14.4 Å². The molecule has 0 aliphatic carbocycles. The molecule has 1 saturated heterocycles. The first-order valence-corrected chi connectivity index (χ1v) is 9.39. The first-order valence-electron chi connectivity index (χ1n) is 8.17. The summed E-state index contributed by atoms with van der Waals surface area (Å²) >= 11 is 6.78. The molecule has 0 N–H and O–H groups in total. The lowest BCUT2D eigenvalue weighted by Crippen LogP contribution is -2.28. The van der Waals surface area contributed by atoms with Crippen molar-refractivity contribution in [2.24, 2.45) is 0 Å². The van der Waals surface area contributed by atoms with Crippen LogP contribution >= 0.6 is 24.0 Å². The molecule has 4 nitrogen and oxygen atoms in total. The Labute approximate surface area is 162 Å². The maximum Gasteiger partial charge on any atom is 0.270 e. The summed E-state index contributed by atoms with van der Waals surface area (Å²) in [5.74, 6) is 1.16. The number of methoxy groups -OCH3 is 2. The fourth-order valence-corrected chi connectivity index (χ4v) is 4.08. The van der Waals surface area contributed by atoms with E-state index in [1.165, 1.54) is 11.8 Å². The normalized spacial score (nSPS) is 15.7. The molecule has 26 heavy (non-hydrogen) atoms. The minimum Gasteiger partial charge on any atom is -0.493 e. The SMILES string of the molecule is CCc1ccccc1N1C(=O)/C(=C/c2ccc(OC)c(OC)c2)SC1=S. The van der Waals surface area contributed by atoms with Crippen LogP contribution in [-0.2, 0) is 11.2 Å². The number of carbonyl (C=O) groups excluding carboxylic acids is 1. The molecular weight excluding hydrogens is 366 g/mol. The maximum absolute atomic E-state index is 13.0. The van der Waals surface area contributed by atoms with Gasteiger partial charge in [0.1, 0.15) is 0 Å². The van der Waals surface area contributed by atoms with E-state index in [2.05, 4.69) is 6.92 Å². The molecule has 2 aromatic carbocycles. The van der Waals surface area contributed by atoms with E-state index in [0.717, 1.165) is 23.2 Å². The van der Waals surface area contributed by atoms with E-state index >= 15 is 0 Å². The number of aryl methyl sites for hydroxylation is 1. The number of thioether (sulfide) groups is 1. The number of amides is 1. The summed E-state index contributed by atoms with van der Waals surface area (Å²) in [4.78, 5) is 15.2. The second kappa shape index (κ2) is 7.93. The molecule has 0 aromatic heterocycles. The van der Waals surface area contributed by atoms with Gasteiger partial charge in [-0.05, 0) is 41.8 Å². The van der Waals surface area contributed by atoms with Crippen molar-refractivity contribution in [2.75, 3.05) is 19.1 Å². The number of carbonyl (C=O) groups is 1. The van der Waals surface area contributed by atoms with Crippen molar-refractivity contribution < 1.29 is 14.3 Å². The first kappa shape index (κ1) is 18.5. The monoisotopic (exact) mass is 385 g/mol. The second-order valence-corrected chi connectivity index (χ2v) is 7.29. The number of anilines is 1. The van der Waals surface area contributed by atoms with Crippen LogP contribution in [0.4, 0.5) is 5.69 Å². The van der Waals surface area contributed by atoms with Gasteiger partial charge in [-0.1, -0.05) is 55.2 Å². The van der Waals surface area contributed by atoms with Gasteiger partial charge in [-0.15, -0.1) is 0 Å². The number of ether oxygens (including phenoxy) is 2. The van der Waals surface area contributed by atoms with Gasteiger partial charge in [0.2, 0.25) is 0 Å². The molecule has 1 fully saturated rings. The van der Waals surface area contributed by atoms with Crippen LogP contribution in [0.5, 0.6) is 11.5 Å². The van der Waals surface area contributed by atoms with E-state index in [1.807, 2.05) is 48.5 Å². The molecule has 0 atom stereocenters. The number of thiocarbonyl (C=S) groups is 1. The van der Waals surface area contributed by atoms with Crippen molar-refractivity contribution in [3.8, 4) is 11.5 Å². The first-order chi connectivity index (χ1) is 12.6. The average Bonchev–Trinajstić information content (AvgIpc) is 2.94. The summed E-state index contributed by atoms with van der Waals surface area (Å²) in [7, 11) is 3.18. The van der Waals surface area contributed by atoms with Gasteiger partial charge in [-0.2, -0.15) is 0 Å². The molecule has 3 rings (SSSR count). The van der Waals surface area contributed by atoms with Gasteiger partial charge in [0, 0.05) is 0 Å². The van der Waals surface area contributed by atoms with Crippen LogP contribution in [0.2, 0.25) is 0 Å². The van der Waals surface area contributed by atoms with Crippen molar-refractivity contribution >= 4 is 46.0 Å². The maximum atomic E-state index is 13.0. The highest BCUT2D eigenvalue weighted by molar-refractivity contribution is 8.27. The van der Waals surface area contributed by atoms with Crippen molar-refractivity contribution in [3.63, 3.8) is 0 Å². The van der Waals surface area contributed by atoms with Crippen LogP contribution in [-0.4, -0.2) is 24.4 Å². The summed E-state index contributed by atoms with van der Waals surface area (Å²) in [5.41, 5.74) is 2.80. The van der Waals surface area contributed by atoms with Gasteiger partial charge in [-0.25, -0.2) is 0 Å². The molecule has 0 radical (unpaired) electrons. The highest BCUT2D eigenvalue weighted by atomic mass is 32.2. The Morgan fingerprint density at radius 2 is 1.85 bits per heavy atom. The predicted octanol–water partition coefficient (Wildman–Crippen LogP) is 4.67. The number of hydrogen-bond donors (Lipinski definition) is 0. The van der Waals surface area contributed by atoms with Gasteiger partial charge in [0.05, 0.1) is 24.8 Å². The van der Waals surface area contributed by atoms with E-state index < -0.39 is 0 Å². The van der Waals surface area contributed by atoms with Gasteiger partial charge in [0.25, 0.3) is 5.91 Å². The predicted molar refractivity (Wildman–Crippen MR) is 111 cm³/mol. The lowest BCUT2D eigenvalue weighted by Gasteiger charge is -2.18. The van der Waals surface area contributed by atoms with Gasteiger partial charge >= 0.3 is 0 Å².